The molecule has 21 rings (SSSR count). The normalized spacial score (nSPS) is 11.8. The SMILES string of the molecule is c1cc(-c2cccc(-c3ccc4c5ccccc5c5cc(-c6cc(-c7cccc(-c8ccc(-c9ccc%10c%11ccccc%11c%11ccccc%11c%10c9)cc8)c7)nc(-n7c8ccccc8c8ccccc87)c6)ccc5c4c3)c2)cc(-c2cccc(-c3cccc(-n4c5ccccc5c5ccccc54)n3)c2)c1. The average Bonchev–Trinajstić information content (AvgIpc) is 1.74. The van der Waals surface area contributed by atoms with Gasteiger partial charge in [-0.05, 0) is 222 Å². The molecule has 0 aliphatic heterocycles. The summed E-state index contributed by atoms with van der Waals surface area (Å²) in [6.07, 6.45) is 0. The molecule has 0 N–H and O–H groups in total. The maximum atomic E-state index is 5.66. The number of benzene rings is 17. The number of para-hydroxylation sites is 4. The number of hydrogen-bond acceptors (Lipinski definition) is 2. The van der Waals surface area contributed by atoms with Crippen molar-refractivity contribution >= 4 is 108 Å². The first-order valence-corrected chi connectivity index (χ1v) is 35.7. The molecule has 0 atom stereocenters. The molecular formula is C100H62N4. The molecule has 0 saturated heterocycles. The number of aromatic nitrogens is 4. The van der Waals surface area contributed by atoms with E-state index in [4.69, 9.17) is 9.97 Å². The third kappa shape index (κ3) is 9.76. The highest BCUT2D eigenvalue weighted by Crippen LogP contribution is 2.44. The molecule has 17 aromatic carbocycles. The van der Waals surface area contributed by atoms with Crippen LogP contribution in [-0.4, -0.2) is 19.1 Å². The number of rotatable bonds is 10. The third-order valence-electron chi connectivity index (χ3n) is 21.7. The summed E-state index contributed by atoms with van der Waals surface area (Å²) in [5, 5.41) is 19.8. The number of nitrogens with zero attached hydrogens (tertiary/aromatic N) is 4. The molecule has 4 heterocycles. The van der Waals surface area contributed by atoms with Gasteiger partial charge >= 0.3 is 0 Å². The summed E-state index contributed by atoms with van der Waals surface area (Å²) in [5.74, 6) is 1.76. The summed E-state index contributed by atoms with van der Waals surface area (Å²) in [5.41, 5.74) is 22.3. The first-order valence-electron chi connectivity index (χ1n) is 35.7. The van der Waals surface area contributed by atoms with Crippen molar-refractivity contribution in [2.24, 2.45) is 0 Å². The third-order valence-corrected chi connectivity index (χ3v) is 21.7. The van der Waals surface area contributed by atoms with E-state index in [9.17, 15) is 0 Å². The van der Waals surface area contributed by atoms with Gasteiger partial charge in [0.15, 0.2) is 0 Å². The molecule has 0 unspecified atom stereocenters. The summed E-state index contributed by atoms with van der Waals surface area (Å²) in [6, 6.07) is 138. The maximum Gasteiger partial charge on any atom is 0.138 e. The van der Waals surface area contributed by atoms with E-state index in [2.05, 4.69) is 385 Å². The Morgan fingerprint density at radius 2 is 0.394 bits per heavy atom. The van der Waals surface area contributed by atoms with Gasteiger partial charge in [0.05, 0.1) is 33.5 Å². The van der Waals surface area contributed by atoms with Crippen LogP contribution < -0.4 is 0 Å². The number of fused-ring (bicyclic) bond motifs is 18. The first kappa shape index (κ1) is 59.1. The maximum absolute atomic E-state index is 5.66. The van der Waals surface area contributed by atoms with Crippen molar-refractivity contribution < 1.29 is 0 Å². The Balaban J connectivity index is 0.631. The average molecular weight is 1320 g/mol. The quantitative estimate of drug-likeness (QED) is 0.128. The van der Waals surface area contributed by atoms with Crippen molar-refractivity contribution in [2.75, 3.05) is 0 Å². The monoisotopic (exact) mass is 1320 g/mol. The van der Waals surface area contributed by atoms with Gasteiger partial charge in [-0.1, -0.05) is 285 Å². The van der Waals surface area contributed by atoms with E-state index in [0.29, 0.717) is 0 Å². The van der Waals surface area contributed by atoms with Crippen LogP contribution in [0.15, 0.2) is 376 Å². The number of pyridine rings is 2. The molecule has 0 aliphatic carbocycles. The zero-order chi connectivity index (χ0) is 68.3. The van der Waals surface area contributed by atoms with Gasteiger partial charge in [0, 0.05) is 32.7 Å². The smallest absolute Gasteiger partial charge is 0.138 e. The minimum absolute atomic E-state index is 0.864. The van der Waals surface area contributed by atoms with Crippen LogP contribution in [-0.2, 0) is 0 Å². The van der Waals surface area contributed by atoms with E-state index in [-0.39, 0.29) is 0 Å². The largest absolute Gasteiger partial charge is 0.294 e. The van der Waals surface area contributed by atoms with E-state index in [1.54, 1.807) is 0 Å². The second kappa shape index (κ2) is 24.0. The molecule has 0 amide bonds. The molecule has 0 spiro atoms. The van der Waals surface area contributed by atoms with E-state index in [1.165, 1.54) is 103 Å². The highest BCUT2D eigenvalue weighted by atomic mass is 15.1. The van der Waals surface area contributed by atoms with Crippen molar-refractivity contribution in [2.45, 2.75) is 0 Å². The minimum Gasteiger partial charge on any atom is -0.294 e. The van der Waals surface area contributed by atoms with Crippen LogP contribution in [0.2, 0.25) is 0 Å². The minimum atomic E-state index is 0.864. The van der Waals surface area contributed by atoms with Gasteiger partial charge in [-0.3, -0.25) is 9.13 Å². The van der Waals surface area contributed by atoms with E-state index in [1.807, 2.05) is 0 Å². The summed E-state index contributed by atoms with van der Waals surface area (Å²) < 4.78 is 4.63. The summed E-state index contributed by atoms with van der Waals surface area (Å²) in [7, 11) is 0. The summed E-state index contributed by atoms with van der Waals surface area (Å²) in [4.78, 5) is 11.0. The van der Waals surface area contributed by atoms with E-state index in [0.717, 1.165) is 106 Å². The molecule has 4 nitrogen and oxygen atoms in total. The Hall–Kier alpha value is -13.8. The lowest BCUT2D eigenvalue weighted by Gasteiger charge is -2.16. The van der Waals surface area contributed by atoms with Crippen LogP contribution in [0.25, 0.3) is 209 Å². The van der Waals surface area contributed by atoms with Crippen molar-refractivity contribution in [1.82, 2.24) is 19.1 Å². The fourth-order valence-corrected chi connectivity index (χ4v) is 16.7. The van der Waals surface area contributed by atoms with Gasteiger partial charge in [0.1, 0.15) is 11.6 Å². The predicted molar refractivity (Wildman–Crippen MR) is 439 cm³/mol. The Kier molecular flexibility index (Phi) is 13.6. The first-order chi connectivity index (χ1) is 51.5. The van der Waals surface area contributed by atoms with Crippen LogP contribution in [0.1, 0.15) is 0 Å². The molecule has 0 fully saturated rings. The Morgan fingerprint density at radius 1 is 0.135 bits per heavy atom. The molecule has 482 valence electrons. The van der Waals surface area contributed by atoms with Crippen molar-refractivity contribution in [3.05, 3.63) is 376 Å². The molecule has 21 aromatic rings. The second-order valence-corrected chi connectivity index (χ2v) is 27.5. The fourth-order valence-electron chi connectivity index (χ4n) is 16.7. The van der Waals surface area contributed by atoms with Crippen LogP contribution >= 0.6 is 0 Å². The summed E-state index contributed by atoms with van der Waals surface area (Å²) >= 11 is 0. The van der Waals surface area contributed by atoms with Crippen LogP contribution in [0.5, 0.6) is 0 Å². The standard InChI is InChI=1S/C100H62N4/c1-2-30-79-77(28-1)78-29-3-5-32-81(78)90-58-71(48-51-83(79)90)64-46-44-63(45-47-64)65-20-17-27-75(56-65)94-61-76(62-100(102-94)104-97-41-13-9-36-88(97)89-37-10-14-42-98(89)104)73-50-53-85-91(60-73)82-33-6-4-31-80(82)84-52-49-72(59-92(84)85)69-24-16-22-67(55-69)66-21-15-23-68(54-66)70-25-18-26-74(57-70)93-38-19-43-99(101-93)103-95-39-11-7-34-86(95)87-35-8-12-40-96(87)103/h1-62H. The van der Waals surface area contributed by atoms with Crippen LogP contribution in [0, 0.1) is 0 Å². The Bertz CT molecular complexity index is 6970. The van der Waals surface area contributed by atoms with Gasteiger partial charge in [-0.15, -0.1) is 0 Å². The Morgan fingerprint density at radius 3 is 0.808 bits per heavy atom. The molecule has 0 bridgehead atoms. The van der Waals surface area contributed by atoms with Gasteiger partial charge in [0.25, 0.3) is 0 Å². The Labute approximate surface area is 600 Å². The fraction of sp³-hybridized carbons (Fsp3) is 0. The van der Waals surface area contributed by atoms with E-state index < -0.39 is 0 Å². The lowest BCUT2D eigenvalue weighted by Crippen LogP contribution is -2.00. The molecular weight excluding hydrogens is 1260 g/mol. The molecule has 0 aliphatic rings. The van der Waals surface area contributed by atoms with Crippen molar-refractivity contribution in [3.63, 3.8) is 0 Å². The zero-order valence-electron chi connectivity index (χ0n) is 56.6. The van der Waals surface area contributed by atoms with Crippen LogP contribution in [0.4, 0.5) is 0 Å². The van der Waals surface area contributed by atoms with Gasteiger partial charge in [-0.25, -0.2) is 9.97 Å². The molecule has 4 heteroatoms. The second-order valence-electron chi connectivity index (χ2n) is 27.5. The lowest BCUT2D eigenvalue weighted by atomic mass is 9.89. The molecule has 0 saturated carbocycles. The highest BCUT2D eigenvalue weighted by molar-refractivity contribution is 6.27. The number of hydrogen-bond donors (Lipinski definition) is 0. The van der Waals surface area contributed by atoms with Gasteiger partial charge in [-0.2, -0.15) is 0 Å². The highest BCUT2D eigenvalue weighted by Gasteiger charge is 2.20. The van der Waals surface area contributed by atoms with E-state index >= 15 is 0 Å². The van der Waals surface area contributed by atoms with Gasteiger partial charge in [0.2, 0.25) is 0 Å². The summed E-state index contributed by atoms with van der Waals surface area (Å²) in [6.45, 7) is 0. The van der Waals surface area contributed by atoms with Crippen molar-refractivity contribution in [1.29, 1.82) is 0 Å². The molecule has 104 heavy (non-hydrogen) atoms. The topological polar surface area (TPSA) is 35.6 Å². The molecule has 4 aromatic heterocycles. The van der Waals surface area contributed by atoms with Crippen molar-refractivity contribution in [3.8, 4) is 101 Å². The molecule has 0 radical (unpaired) electrons. The van der Waals surface area contributed by atoms with Gasteiger partial charge < -0.3 is 0 Å². The lowest BCUT2D eigenvalue weighted by molar-refractivity contribution is 1.08. The van der Waals surface area contributed by atoms with Crippen LogP contribution in [0.3, 0.4) is 0 Å². The zero-order valence-corrected chi connectivity index (χ0v) is 56.6. The predicted octanol–water partition coefficient (Wildman–Crippen LogP) is 26.9.